The minimum atomic E-state index is -0.554. The first-order valence-electron chi connectivity index (χ1n) is 5.89. The third-order valence-electron chi connectivity index (χ3n) is 2.71. The normalized spacial score (nSPS) is 10.8. The van der Waals surface area contributed by atoms with Crippen LogP contribution in [0.15, 0.2) is 48.5 Å². The number of carbonyl (C=O) groups is 1. The van der Waals surface area contributed by atoms with Gasteiger partial charge in [0, 0.05) is 22.7 Å². The van der Waals surface area contributed by atoms with Crippen LogP contribution in [-0.4, -0.2) is 10.7 Å². The summed E-state index contributed by atoms with van der Waals surface area (Å²) in [5.41, 5.74) is 0.403. The predicted octanol–water partition coefficient (Wildman–Crippen LogP) is 4.28. The van der Waals surface area contributed by atoms with E-state index < -0.39 is 16.5 Å². The molecule has 0 N–H and O–H groups in total. The number of nitro benzene ring substituents is 1. The maximum Gasteiger partial charge on any atom is 0.270 e. The van der Waals surface area contributed by atoms with Gasteiger partial charge in [0.1, 0.15) is 5.82 Å². The van der Waals surface area contributed by atoms with Crippen LogP contribution in [0.4, 0.5) is 10.1 Å². The van der Waals surface area contributed by atoms with E-state index >= 15 is 0 Å². The number of nitrogens with zero attached hydrogens (tertiary/aromatic N) is 1. The number of rotatable bonds is 4. The summed E-state index contributed by atoms with van der Waals surface area (Å²) in [5.74, 6) is -0.931. The Morgan fingerprint density at radius 3 is 2.67 bits per heavy atom. The number of hydrogen-bond acceptors (Lipinski definition) is 3. The minimum absolute atomic E-state index is 0.128. The Hall–Kier alpha value is -2.53. The van der Waals surface area contributed by atoms with E-state index in [1.807, 2.05) is 0 Å². The van der Waals surface area contributed by atoms with Crippen molar-refractivity contribution in [1.82, 2.24) is 0 Å². The molecule has 0 fully saturated rings. The summed E-state index contributed by atoms with van der Waals surface area (Å²) in [4.78, 5) is 22.0. The maximum absolute atomic E-state index is 13.0. The third-order valence-corrected chi connectivity index (χ3v) is 3.06. The van der Waals surface area contributed by atoms with Crippen LogP contribution in [0, 0.1) is 15.9 Å². The fraction of sp³-hybridized carbons (Fsp3) is 0. The summed E-state index contributed by atoms with van der Waals surface area (Å²) in [6, 6.07) is 9.17. The van der Waals surface area contributed by atoms with Gasteiger partial charge in [-0.2, -0.15) is 0 Å². The van der Waals surface area contributed by atoms with E-state index in [4.69, 9.17) is 11.6 Å². The highest BCUT2D eigenvalue weighted by Crippen LogP contribution is 2.23. The number of non-ortho nitro benzene ring substituents is 1. The van der Waals surface area contributed by atoms with Crippen molar-refractivity contribution in [2.45, 2.75) is 0 Å². The molecule has 0 heterocycles. The van der Waals surface area contributed by atoms with E-state index in [0.717, 1.165) is 6.07 Å². The van der Waals surface area contributed by atoms with Gasteiger partial charge in [-0.25, -0.2) is 4.39 Å². The fourth-order valence-electron chi connectivity index (χ4n) is 1.68. The summed E-state index contributed by atoms with van der Waals surface area (Å²) >= 11 is 5.91. The molecule has 0 unspecified atom stereocenters. The zero-order chi connectivity index (χ0) is 15.4. The second kappa shape index (κ2) is 6.28. The second-order valence-corrected chi connectivity index (χ2v) is 4.58. The standard InChI is InChI=1S/C15H9ClFNO3/c16-14-6-5-13(18(20)21)9-10(14)4-7-15(19)11-2-1-3-12(17)8-11/h1-9H/b7-4+. The summed E-state index contributed by atoms with van der Waals surface area (Å²) in [6.45, 7) is 0. The van der Waals surface area contributed by atoms with E-state index in [-0.39, 0.29) is 16.3 Å². The Labute approximate surface area is 124 Å². The molecule has 0 aromatic heterocycles. The van der Waals surface area contributed by atoms with Crippen LogP contribution in [0.3, 0.4) is 0 Å². The Morgan fingerprint density at radius 1 is 1.24 bits per heavy atom. The third kappa shape index (κ3) is 3.73. The van der Waals surface area contributed by atoms with Crippen LogP contribution in [0.1, 0.15) is 15.9 Å². The van der Waals surface area contributed by atoms with Crippen molar-refractivity contribution in [3.05, 3.63) is 80.6 Å². The van der Waals surface area contributed by atoms with E-state index in [1.165, 1.54) is 48.6 Å². The van der Waals surface area contributed by atoms with E-state index in [2.05, 4.69) is 0 Å². The average Bonchev–Trinajstić information content (AvgIpc) is 2.45. The number of carbonyl (C=O) groups excluding carboxylic acids is 1. The van der Waals surface area contributed by atoms with E-state index in [9.17, 15) is 19.3 Å². The number of allylic oxidation sites excluding steroid dienone is 1. The molecule has 106 valence electrons. The van der Waals surface area contributed by atoms with Gasteiger partial charge in [-0.15, -0.1) is 0 Å². The molecule has 0 aliphatic carbocycles. The van der Waals surface area contributed by atoms with Gasteiger partial charge < -0.3 is 0 Å². The molecule has 0 saturated heterocycles. The van der Waals surface area contributed by atoms with Crippen LogP contribution < -0.4 is 0 Å². The van der Waals surface area contributed by atoms with Crippen molar-refractivity contribution < 1.29 is 14.1 Å². The molecule has 2 rings (SSSR count). The highest BCUT2D eigenvalue weighted by atomic mass is 35.5. The first-order chi connectivity index (χ1) is 9.97. The van der Waals surface area contributed by atoms with E-state index in [0.29, 0.717) is 5.56 Å². The monoisotopic (exact) mass is 305 g/mol. The van der Waals surface area contributed by atoms with Crippen molar-refractivity contribution in [1.29, 1.82) is 0 Å². The SMILES string of the molecule is O=C(/C=C/c1cc([N+](=O)[O-])ccc1Cl)c1cccc(F)c1. The zero-order valence-electron chi connectivity index (χ0n) is 10.6. The molecule has 21 heavy (non-hydrogen) atoms. The topological polar surface area (TPSA) is 60.2 Å². The number of ketones is 1. The van der Waals surface area contributed by atoms with Gasteiger partial charge in [-0.05, 0) is 35.9 Å². The van der Waals surface area contributed by atoms with Crippen LogP contribution in [0.25, 0.3) is 6.08 Å². The number of nitro groups is 1. The molecular weight excluding hydrogens is 297 g/mol. The van der Waals surface area contributed by atoms with Crippen molar-refractivity contribution in [2.75, 3.05) is 0 Å². The lowest BCUT2D eigenvalue weighted by Gasteiger charge is -1.99. The largest absolute Gasteiger partial charge is 0.289 e. The summed E-state index contributed by atoms with van der Waals surface area (Å²) in [7, 11) is 0. The summed E-state index contributed by atoms with van der Waals surface area (Å²) in [6.07, 6.45) is 2.56. The molecule has 0 aliphatic rings. The highest BCUT2D eigenvalue weighted by molar-refractivity contribution is 6.32. The Balaban J connectivity index is 2.27. The molecule has 2 aromatic carbocycles. The smallest absolute Gasteiger partial charge is 0.270 e. The summed E-state index contributed by atoms with van der Waals surface area (Å²) in [5, 5.41) is 11.0. The first kappa shape index (κ1) is 14.9. The molecule has 0 saturated carbocycles. The number of halogens is 2. The number of benzene rings is 2. The van der Waals surface area contributed by atoms with Crippen molar-refractivity contribution in [3.63, 3.8) is 0 Å². The van der Waals surface area contributed by atoms with Gasteiger partial charge in [-0.1, -0.05) is 23.7 Å². The first-order valence-corrected chi connectivity index (χ1v) is 6.27. The molecule has 0 aliphatic heterocycles. The Morgan fingerprint density at radius 2 is 2.00 bits per heavy atom. The molecule has 4 nitrogen and oxygen atoms in total. The lowest BCUT2D eigenvalue weighted by atomic mass is 10.1. The van der Waals surface area contributed by atoms with Crippen molar-refractivity contribution in [2.24, 2.45) is 0 Å². The van der Waals surface area contributed by atoms with Crippen molar-refractivity contribution >= 4 is 29.1 Å². The summed E-state index contributed by atoms with van der Waals surface area (Å²) < 4.78 is 13.0. The van der Waals surface area contributed by atoms with Crippen LogP contribution in [0.5, 0.6) is 0 Å². The van der Waals surface area contributed by atoms with Gasteiger partial charge in [0.25, 0.3) is 5.69 Å². The quantitative estimate of drug-likeness (QED) is 0.366. The molecule has 6 heteroatoms. The van der Waals surface area contributed by atoms with Crippen molar-refractivity contribution in [3.8, 4) is 0 Å². The predicted molar refractivity (Wildman–Crippen MR) is 77.9 cm³/mol. The molecular formula is C15H9ClFNO3. The fourth-order valence-corrected chi connectivity index (χ4v) is 1.86. The van der Waals surface area contributed by atoms with E-state index in [1.54, 1.807) is 0 Å². The average molecular weight is 306 g/mol. The second-order valence-electron chi connectivity index (χ2n) is 4.17. The molecule has 0 atom stereocenters. The Kier molecular flexibility index (Phi) is 4.45. The van der Waals surface area contributed by atoms with Gasteiger partial charge >= 0.3 is 0 Å². The lowest BCUT2D eigenvalue weighted by molar-refractivity contribution is -0.384. The maximum atomic E-state index is 13.0. The van der Waals surface area contributed by atoms with Gasteiger partial charge in [0.05, 0.1) is 4.92 Å². The van der Waals surface area contributed by atoms with Gasteiger partial charge in [-0.3, -0.25) is 14.9 Å². The minimum Gasteiger partial charge on any atom is -0.289 e. The highest BCUT2D eigenvalue weighted by Gasteiger charge is 2.08. The van der Waals surface area contributed by atoms with Gasteiger partial charge in [0.2, 0.25) is 0 Å². The molecule has 0 radical (unpaired) electrons. The van der Waals surface area contributed by atoms with Gasteiger partial charge in [0.15, 0.2) is 5.78 Å². The van der Waals surface area contributed by atoms with Crippen LogP contribution >= 0.6 is 11.6 Å². The molecule has 0 amide bonds. The molecule has 0 bridgehead atoms. The lowest BCUT2D eigenvalue weighted by Crippen LogP contribution is -1.95. The molecule has 2 aromatic rings. The van der Waals surface area contributed by atoms with Crippen LogP contribution in [0.2, 0.25) is 5.02 Å². The van der Waals surface area contributed by atoms with Crippen LogP contribution in [-0.2, 0) is 0 Å². The Bertz CT molecular complexity index is 743. The molecule has 0 spiro atoms. The number of hydrogen-bond donors (Lipinski definition) is 0. The zero-order valence-corrected chi connectivity index (χ0v) is 11.4.